The zero-order valence-electron chi connectivity index (χ0n) is 17.5. The van der Waals surface area contributed by atoms with E-state index in [2.05, 4.69) is 0 Å². The minimum Gasteiger partial charge on any atom is -0.465 e. The van der Waals surface area contributed by atoms with Gasteiger partial charge in [-0.25, -0.2) is 9.78 Å². The van der Waals surface area contributed by atoms with E-state index >= 15 is 0 Å². The Labute approximate surface area is 178 Å². The fourth-order valence-corrected chi connectivity index (χ4v) is 4.28. The van der Waals surface area contributed by atoms with Crippen LogP contribution in [0.1, 0.15) is 37.0 Å². The van der Waals surface area contributed by atoms with Gasteiger partial charge < -0.3 is 23.9 Å². The zero-order valence-corrected chi connectivity index (χ0v) is 17.5. The van der Waals surface area contributed by atoms with E-state index in [-0.39, 0.29) is 24.9 Å². The summed E-state index contributed by atoms with van der Waals surface area (Å²) >= 11 is 0. The third-order valence-electron chi connectivity index (χ3n) is 6.11. The maximum atomic E-state index is 13.2. The summed E-state index contributed by atoms with van der Waals surface area (Å²) in [5, 5.41) is 11.8. The smallest absolute Gasteiger partial charge is 0.343 e. The first-order valence-corrected chi connectivity index (χ1v) is 10.2. The third kappa shape index (κ3) is 2.86. The number of carbonyl (C=O) groups excluding carboxylic acids is 1. The summed E-state index contributed by atoms with van der Waals surface area (Å²) in [6.07, 6.45) is -0.265. The Morgan fingerprint density at radius 1 is 1.29 bits per heavy atom. The molecule has 0 amide bonds. The lowest BCUT2D eigenvalue weighted by atomic mass is 9.86. The fraction of sp³-hybridized carbons (Fsp3) is 0.348. The van der Waals surface area contributed by atoms with Gasteiger partial charge in [0.05, 0.1) is 29.0 Å². The van der Waals surface area contributed by atoms with E-state index in [1.165, 1.54) is 0 Å². The predicted molar refractivity (Wildman–Crippen MR) is 112 cm³/mol. The molecule has 160 valence electrons. The predicted octanol–water partition coefficient (Wildman–Crippen LogP) is 2.45. The highest BCUT2D eigenvalue weighted by Gasteiger charge is 2.45. The van der Waals surface area contributed by atoms with E-state index in [0.29, 0.717) is 34.8 Å². The van der Waals surface area contributed by atoms with E-state index in [9.17, 15) is 14.7 Å². The Bertz CT molecular complexity index is 1300. The molecule has 5 rings (SSSR count). The second-order valence-corrected chi connectivity index (χ2v) is 7.87. The van der Waals surface area contributed by atoms with Crippen molar-refractivity contribution < 1.29 is 24.1 Å². The van der Waals surface area contributed by atoms with Crippen molar-refractivity contribution in [3.8, 4) is 17.1 Å². The topological polar surface area (TPSA) is 99.9 Å². The molecule has 2 atom stereocenters. The van der Waals surface area contributed by atoms with Gasteiger partial charge in [0.1, 0.15) is 12.4 Å². The third-order valence-corrected chi connectivity index (χ3v) is 6.11. The molecule has 8 heteroatoms. The van der Waals surface area contributed by atoms with Gasteiger partial charge in [-0.15, -0.1) is 0 Å². The van der Waals surface area contributed by atoms with E-state index in [4.69, 9.17) is 19.2 Å². The average Bonchev–Trinajstić information content (AvgIpc) is 3.13. The van der Waals surface area contributed by atoms with Crippen LogP contribution in [0.5, 0.6) is 5.75 Å². The van der Waals surface area contributed by atoms with Gasteiger partial charge >= 0.3 is 5.97 Å². The number of hydrogen-bond acceptors (Lipinski definition) is 7. The fourth-order valence-electron chi connectivity index (χ4n) is 4.28. The van der Waals surface area contributed by atoms with Crippen molar-refractivity contribution in [2.75, 3.05) is 7.11 Å². The van der Waals surface area contributed by atoms with Gasteiger partial charge in [0.2, 0.25) is 0 Å². The largest absolute Gasteiger partial charge is 0.465 e. The number of fused-ring (bicyclic) bond motifs is 5. The summed E-state index contributed by atoms with van der Waals surface area (Å²) in [6.45, 7) is 3.71. The van der Waals surface area contributed by atoms with Crippen LogP contribution in [0.25, 0.3) is 22.3 Å². The summed E-state index contributed by atoms with van der Waals surface area (Å²) < 4.78 is 17.6. The molecule has 31 heavy (non-hydrogen) atoms. The summed E-state index contributed by atoms with van der Waals surface area (Å²) in [5.41, 5.74) is 1.43. The number of carbonyl (C=O) groups is 1. The van der Waals surface area contributed by atoms with Crippen molar-refractivity contribution >= 4 is 16.9 Å². The first kappa shape index (κ1) is 19.7. The van der Waals surface area contributed by atoms with Crippen molar-refractivity contribution in [2.24, 2.45) is 0 Å². The van der Waals surface area contributed by atoms with Gasteiger partial charge in [-0.3, -0.25) is 4.79 Å². The molecule has 0 aliphatic carbocycles. The van der Waals surface area contributed by atoms with Crippen LogP contribution in [0.15, 0.2) is 35.1 Å². The number of aromatic nitrogens is 2. The standard InChI is InChI=1S/C23H22N2O6/c1-4-23(28)17-9-19-20-14(10-25(19)21(26)16(17)11-30-22(23)27)7-13-8-15(31-12(2)29-3)5-6-18(13)24-20/h5-9,12,28H,4,10-11H2,1-3H3/t12?,23-/m0/s1. The maximum absolute atomic E-state index is 13.2. The van der Waals surface area contributed by atoms with E-state index < -0.39 is 11.6 Å². The monoisotopic (exact) mass is 422 g/mol. The van der Waals surface area contributed by atoms with Crippen LogP contribution in [0.2, 0.25) is 0 Å². The molecule has 0 radical (unpaired) electrons. The molecule has 1 N–H and O–H groups in total. The summed E-state index contributed by atoms with van der Waals surface area (Å²) in [5.74, 6) is -0.0650. The number of nitrogens with zero attached hydrogens (tertiary/aromatic N) is 2. The molecule has 0 bridgehead atoms. The molecule has 1 aromatic carbocycles. The number of cyclic esters (lactones) is 1. The molecule has 4 heterocycles. The first-order chi connectivity index (χ1) is 14.9. The van der Waals surface area contributed by atoms with Crippen molar-refractivity contribution in [1.82, 2.24) is 9.55 Å². The van der Waals surface area contributed by atoms with Crippen LogP contribution in [0.4, 0.5) is 0 Å². The Morgan fingerprint density at radius 3 is 2.84 bits per heavy atom. The van der Waals surface area contributed by atoms with Gasteiger partial charge in [0, 0.05) is 23.6 Å². The number of aliphatic hydroxyl groups is 1. The van der Waals surface area contributed by atoms with Crippen molar-refractivity contribution in [1.29, 1.82) is 0 Å². The molecular formula is C23H22N2O6. The molecule has 0 saturated carbocycles. The Hall–Kier alpha value is -3.23. The van der Waals surface area contributed by atoms with Crippen LogP contribution < -0.4 is 10.3 Å². The lowest BCUT2D eigenvalue weighted by molar-refractivity contribution is -0.172. The summed E-state index contributed by atoms with van der Waals surface area (Å²) in [4.78, 5) is 30.2. The number of ether oxygens (including phenoxy) is 3. The van der Waals surface area contributed by atoms with E-state index in [1.807, 2.05) is 31.2 Å². The Balaban J connectivity index is 1.65. The van der Waals surface area contributed by atoms with Crippen LogP contribution >= 0.6 is 0 Å². The SMILES string of the molecule is CC[C@@]1(O)C(=O)OCc2c1cc1n(c2=O)Cc2cc3cc(OC(C)OC)ccc3nc2-1. The lowest BCUT2D eigenvalue weighted by Gasteiger charge is -2.31. The zero-order chi connectivity index (χ0) is 21.9. The van der Waals surface area contributed by atoms with E-state index in [1.54, 1.807) is 24.7 Å². The van der Waals surface area contributed by atoms with Gasteiger partial charge in [-0.2, -0.15) is 0 Å². The molecule has 3 aromatic rings. The van der Waals surface area contributed by atoms with Crippen LogP contribution in [0.3, 0.4) is 0 Å². The van der Waals surface area contributed by atoms with Crippen molar-refractivity contribution in [3.63, 3.8) is 0 Å². The Kier molecular flexibility index (Phi) is 4.39. The van der Waals surface area contributed by atoms with Crippen LogP contribution in [0, 0.1) is 0 Å². The minimum absolute atomic E-state index is 0.113. The molecule has 2 aromatic heterocycles. The number of benzene rings is 1. The molecule has 2 aliphatic heterocycles. The maximum Gasteiger partial charge on any atom is 0.343 e. The highest BCUT2D eigenvalue weighted by Crippen LogP contribution is 2.38. The van der Waals surface area contributed by atoms with Gasteiger partial charge in [-0.05, 0) is 43.7 Å². The van der Waals surface area contributed by atoms with Gasteiger partial charge in [0.15, 0.2) is 11.9 Å². The molecule has 0 fully saturated rings. The second kappa shape index (κ2) is 6.90. The number of esters is 1. The highest BCUT2D eigenvalue weighted by molar-refractivity contribution is 5.87. The second-order valence-electron chi connectivity index (χ2n) is 7.87. The lowest BCUT2D eigenvalue weighted by Crippen LogP contribution is -2.44. The molecule has 1 unspecified atom stereocenters. The normalized spacial score (nSPS) is 20.1. The minimum atomic E-state index is -1.83. The molecule has 2 aliphatic rings. The molecule has 0 spiro atoms. The van der Waals surface area contributed by atoms with E-state index in [0.717, 1.165) is 16.5 Å². The summed E-state index contributed by atoms with van der Waals surface area (Å²) in [6, 6.07) is 9.26. The highest BCUT2D eigenvalue weighted by atomic mass is 16.7. The summed E-state index contributed by atoms with van der Waals surface area (Å²) in [7, 11) is 1.58. The number of methoxy groups -OCH3 is 1. The first-order valence-electron chi connectivity index (χ1n) is 10.2. The molecule has 0 saturated heterocycles. The number of rotatable bonds is 4. The molecular weight excluding hydrogens is 400 g/mol. The van der Waals surface area contributed by atoms with Crippen molar-refractivity contribution in [3.05, 3.63) is 57.4 Å². The van der Waals surface area contributed by atoms with Crippen LogP contribution in [-0.4, -0.2) is 34.0 Å². The van der Waals surface area contributed by atoms with Crippen molar-refractivity contribution in [2.45, 2.75) is 45.3 Å². The van der Waals surface area contributed by atoms with Gasteiger partial charge in [-0.1, -0.05) is 6.92 Å². The number of hydrogen-bond donors (Lipinski definition) is 1. The Morgan fingerprint density at radius 2 is 2.10 bits per heavy atom. The quantitative estimate of drug-likeness (QED) is 0.398. The van der Waals surface area contributed by atoms with Gasteiger partial charge in [0.25, 0.3) is 5.56 Å². The molecule has 8 nitrogen and oxygen atoms in total. The van der Waals surface area contributed by atoms with Crippen LogP contribution in [-0.2, 0) is 33.0 Å². The number of pyridine rings is 2. The average molecular weight is 422 g/mol.